The number of nitrogens with one attached hydrogen (secondary N) is 1. The first-order chi connectivity index (χ1) is 15.0. The van der Waals surface area contributed by atoms with Gasteiger partial charge in [-0.1, -0.05) is 59.6 Å². The van der Waals surface area contributed by atoms with E-state index in [2.05, 4.69) is 10.5 Å². The number of carbonyl (C=O) groups is 1. The van der Waals surface area contributed by atoms with Crippen molar-refractivity contribution < 1.29 is 9.53 Å². The van der Waals surface area contributed by atoms with Crippen LogP contribution < -0.4 is 10.2 Å². The molecule has 0 bridgehead atoms. The molecular weight excluding hydrogens is 451 g/mol. The van der Waals surface area contributed by atoms with Crippen molar-refractivity contribution >= 4 is 47.1 Å². The molecule has 0 heterocycles. The molecular formula is C24H22Cl2N2O2S. The van der Waals surface area contributed by atoms with Crippen LogP contribution in [0.5, 0.6) is 5.75 Å². The Bertz CT molecular complexity index is 1030. The van der Waals surface area contributed by atoms with Crippen molar-refractivity contribution in [3.8, 4) is 5.75 Å². The second kappa shape index (κ2) is 11.8. The molecule has 4 nitrogen and oxygen atoms in total. The van der Waals surface area contributed by atoms with Crippen LogP contribution in [0.3, 0.4) is 0 Å². The Morgan fingerprint density at radius 3 is 2.55 bits per heavy atom. The molecule has 0 unspecified atom stereocenters. The van der Waals surface area contributed by atoms with Crippen molar-refractivity contribution in [2.75, 3.05) is 0 Å². The van der Waals surface area contributed by atoms with Gasteiger partial charge in [-0.3, -0.25) is 4.79 Å². The molecule has 0 fully saturated rings. The van der Waals surface area contributed by atoms with Crippen LogP contribution in [0.25, 0.3) is 0 Å². The van der Waals surface area contributed by atoms with Gasteiger partial charge in [0.2, 0.25) is 0 Å². The number of nitrogens with zero attached hydrogens (tertiary/aromatic N) is 1. The Hall–Kier alpha value is -2.47. The summed E-state index contributed by atoms with van der Waals surface area (Å²) in [5.41, 5.74) is 5.49. The van der Waals surface area contributed by atoms with Gasteiger partial charge in [0.05, 0.1) is 11.5 Å². The first-order valence-corrected chi connectivity index (χ1v) is 11.5. The highest BCUT2D eigenvalue weighted by molar-refractivity contribution is 7.99. The van der Waals surface area contributed by atoms with Gasteiger partial charge in [0.25, 0.3) is 5.91 Å². The Kier molecular flexibility index (Phi) is 8.83. The van der Waals surface area contributed by atoms with Gasteiger partial charge in [-0.05, 0) is 54.4 Å². The van der Waals surface area contributed by atoms with Crippen LogP contribution in [0, 0.1) is 0 Å². The summed E-state index contributed by atoms with van der Waals surface area (Å²) in [5, 5.41) is 5.01. The number of halogens is 2. The van der Waals surface area contributed by atoms with Crippen molar-refractivity contribution in [3.05, 3.63) is 99.5 Å². The van der Waals surface area contributed by atoms with Crippen molar-refractivity contribution in [2.24, 2.45) is 5.10 Å². The number of hydrogen-bond donors (Lipinski definition) is 1. The fourth-order valence-corrected chi connectivity index (χ4v) is 3.88. The van der Waals surface area contributed by atoms with Crippen LogP contribution in [0.2, 0.25) is 10.0 Å². The average Bonchev–Trinajstić information content (AvgIpc) is 2.78. The molecule has 1 N–H and O–H groups in total. The second-order valence-electron chi connectivity index (χ2n) is 6.77. The number of hydrogen-bond acceptors (Lipinski definition) is 4. The molecule has 31 heavy (non-hydrogen) atoms. The standard InChI is InChI=1S/C24H22Cl2N2O2S/c1-17(31-16-19-5-3-2-4-6-19)24(29)28-27-14-18-7-11-22(12-8-18)30-15-20-9-10-21(25)13-23(20)26/h2-14,17H,15-16H2,1H3,(H,28,29)/b27-14-/t17-/m0/s1. The van der Waals surface area contributed by atoms with Crippen LogP contribution in [-0.4, -0.2) is 17.4 Å². The molecule has 0 aliphatic heterocycles. The van der Waals surface area contributed by atoms with Crippen molar-refractivity contribution in [2.45, 2.75) is 24.5 Å². The quantitative estimate of drug-likeness (QED) is 0.291. The number of carbonyl (C=O) groups excluding carboxylic acids is 1. The third-order valence-electron chi connectivity index (χ3n) is 4.39. The van der Waals surface area contributed by atoms with E-state index in [-0.39, 0.29) is 11.2 Å². The molecule has 7 heteroatoms. The van der Waals surface area contributed by atoms with Gasteiger partial charge < -0.3 is 4.74 Å². The lowest BCUT2D eigenvalue weighted by Crippen LogP contribution is -2.26. The van der Waals surface area contributed by atoms with E-state index in [0.29, 0.717) is 22.4 Å². The predicted molar refractivity (Wildman–Crippen MR) is 130 cm³/mol. The van der Waals surface area contributed by atoms with Crippen molar-refractivity contribution in [1.29, 1.82) is 0 Å². The largest absolute Gasteiger partial charge is 0.489 e. The maximum atomic E-state index is 12.2. The third kappa shape index (κ3) is 7.62. The molecule has 0 aromatic heterocycles. The summed E-state index contributed by atoms with van der Waals surface area (Å²) in [6.45, 7) is 2.22. The molecule has 0 radical (unpaired) electrons. The SMILES string of the molecule is C[C@H](SCc1ccccc1)C(=O)N/N=C\c1ccc(OCc2ccc(Cl)cc2Cl)cc1. The zero-order valence-corrected chi connectivity index (χ0v) is 19.3. The van der Waals surface area contributed by atoms with Crippen LogP contribution in [0.1, 0.15) is 23.6 Å². The van der Waals surface area contributed by atoms with Gasteiger partial charge in [-0.25, -0.2) is 5.43 Å². The average molecular weight is 473 g/mol. The van der Waals surface area contributed by atoms with Crippen molar-refractivity contribution in [1.82, 2.24) is 5.43 Å². The van der Waals surface area contributed by atoms with Crippen LogP contribution in [-0.2, 0) is 17.2 Å². The third-order valence-corrected chi connectivity index (χ3v) is 6.19. The number of amides is 1. The molecule has 0 aliphatic carbocycles. The number of thioether (sulfide) groups is 1. The summed E-state index contributed by atoms with van der Waals surface area (Å²) in [4.78, 5) is 12.2. The van der Waals surface area contributed by atoms with Gasteiger partial charge in [-0.2, -0.15) is 5.10 Å². The molecule has 3 aromatic rings. The summed E-state index contributed by atoms with van der Waals surface area (Å²) in [6.07, 6.45) is 1.60. The zero-order valence-electron chi connectivity index (χ0n) is 16.9. The first-order valence-electron chi connectivity index (χ1n) is 9.66. The molecule has 0 aliphatic rings. The summed E-state index contributed by atoms with van der Waals surface area (Å²) < 4.78 is 5.76. The molecule has 0 spiro atoms. The highest BCUT2D eigenvalue weighted by atomic mass is 35.5. The Labute approximate surface area is 196 Å². The van der Waals surface area contributed by atoms with E-state index in [1.165, 1.54) is 5.56 Å². The fraction of sp³-hybridized carbons (Fsp3) is 0.167. The van der Waals surface area contributed by atoms with E-state index in [4.69, 9.17) is 27.9 Å². The Morgan fingerprint density at radius 2 is 1.84 bits per heavy atom. The van der Waals surface area contributed by atoms with E-state index < -0.39 is 0 Å². The minimum absolute atomic E-state index is 0.128. The summed E-state index contributed by atoms with van der Waals surface area (Å²) in [7, 11) is 0. The molecule has 160 valence electrons. The van der Waals surface area contributed by atoms with Crippen LogP contribution >= 0.6 is 35.0 Å². The highest BCUT2D eigenvalue weighted by Gasteiger charge is 2.12. The van der Waals surface area contributed by atoms with Gasteiger partial charge in [0.1, 0.15) is 12.4 Å². The van der Waals surface area contributed by atoms with E-state index in [1.807, 2.05) is 67.6 Å². The second-order valence-corrected chi connectivity index (χ2v) is 8.94. The molecule has 0 saturated carbocycles. The topological polar surface area (TPSA) is 50.7 Å². The number of ether oxygens (including phenoxy) is 1. The maximum Gasteiger partial charge on any atom is 0.252 e. The smallest absolute Gasteiger partial charge is 0.252 e. The molecule has 3 rings (SSSR count). The Morgan fingerprint density at radius 1 is 1.10 bits per heavy atom. The first kappa shape index (κ1) is 23.2. The number of benzene rings is 3. The normalized spacial score (nSPS) is 12.0. The highest BCUT2D eigenvalue weighted by Crippen LogP contribution is 2.23. The lowest BCUT2D eigenvalue weighted by molar-refractivity contribution is -0.120. The summed E-state index contributed by atoms with van der Waals surface area (Å²) in [5.74, 6) is 1.36. The molecule has 3 aromatic carbocycles. The molecule has 0 saturated heterocycles. The zero-order chi connectivity index (χ0) is 22.1. The van der Waals surface area contributed by atoms with Crippen LogP contribution in [0.15, 0.2) is 77.9 Å². The van der Waals surface area contributed by atoms with E-state index in [0.717, 1.165) is 16.9 Å². The Balaban J connectivity index is 1.43. The number of rotatable bonds is 9. The van der Waals surface area contributed by atoms with Gasteiger partial charge in [-0.15, -0.1) is 11.8 Å². The summed E-state index contributed by atoms with van der Waals surface area (Å²) >= 11 is 13.6. The minimum Gasteiger partial charge on any atom is -0.489 e. The maximum absolute atomic E-state index is 12.2. The van der Waals surface area contributed by atoms with Gasteiger partial charge in [0.15, 0.2) is 0 Å². The lowest BCUT2D eigenvalue weighted by atomic mass is 10.2. The monoisotopic (exact) mass is 472 g/mol. The van der Waals surface area contributed by atoms with E-state index >= 15 is 0 Å². The van der Waals surface area contributed by atoms with Crippen LogP contribution in [0.4, 0.5) is 0 Å². The lowest BCUT2D eigenvalue weighted by Gasteiger charge is -2.09. The van der Waals surface area contributed by atoms with Crippen molar-refractivity contribution in [3.63, 3.8) is 0 Å². The fourth-order valence-electron chi connectivity index (χ4n) is 2.58. The predicted octanol–water partition coefficient (Wildman–Crippen LogP) is 6.34. The minimum atomic E-state index is -0.201. The van der Waals surface area contributed by atoms with E-state index in [9.17, 15) is 4.79 Å². The van der Waals surface area contributed by atoms with E-state index in [1.54, 1.807) is 30.1 Å². The number of hydrazone groups is 1. The van der Waals surface area contributed by atoms with Gasteiger partial charge >= 0.3 is 0 Å². The summed E-state index contributed by atoms with van der Waals surface area (Å²) in [6, 6.07) is 22.8. The van der Waals surface area contributed by atoms with Gasteiger partial charge in [0, 0.05) is 21.4 Å². The molecule has 1 atom stereocenters. The molecule has 1 amide bonds.